The molecule has 7 nitrogen and oxygen atoms in total. The van der Waals surface area contributed by atoms with E-state index >= 15 is 0 Å². The van der Waals surface area contributed by atoms with Gasteiger partial charge in [-0.25, -0.2) is 4.79 Å². The van der Waals surface area contributed by atoms with Crippen LogP contribution in [0.1, 0.15) is 40.9 Å². The molecule has 0 heterocycles. The molecule has 0 aliphatic heterocycles. The molecular weight excluding hydrogens is 506 g/mol. The maximum Gasteiger partial charge on any atom is 0.343 e. The standard InChI is InChI=1S/C30H30ClNO6/c1-19(2)29(34)37-25-10-8-21(9-11-25)15-27(28(33)18-36-4)32-17-22-13-24(31)16-26(14-22)38-30(35)23-7-5-6-20(3)12-23/h5-14,16-17,19,27H,15,18H2,1-4H3. The first-order valence-electron chi connectivity index (χ1n) is 12.1. The molecule has 198 valence electrons. The van der Waals surface area contributed by atoms with E-state index in [4.69, 9.17) is 25.8 Å². The van der Waals surface area contributed by atoms with Crippen molar-refractivity contribution in [1.29, 1.82) is 0 Å². The van der Waals surface area contributed by atoms with Crippen molar-refractivity contribution >= 4 is 35.5 Å². The van der Waals surface area contributed by atoms with Gasteiger partial charge in [-0.3, -0.25) is 14.6 Å². The van der Waals surface area contributed by atoms with Crippen molar-refractivity contribution in [2.24, 2.45) is 10.9 Å². The van der Waals surface area contributed by atoms with Gasteiger partial charge in [0, 0.05) is 24.8 Å². The Morgan fingerprint density at radius 1 is 0.947 bits per heavy atom. The number of rotatable bonds is 11. The summed E-state index contributed by atoms with van der Waals surface area (Å²) in [5, 5.41) is 0.354. The summed E-state index contributed by atoms with van der Waals surface area (Å²) in [7, 11) is 1.45. The Bertz CT molecular complexity index is 1320. The number of Topliss-reactive ketones (excluding diaryl/α,β-unsaturated/α-hetero) is 1. The van der Waals surface area contributed by atoms with Crippen molar-refractivity contribution < 1.29 is 28.6 Å². The lowest BCUT2D eigenvalue weighted by Gasteiger charge is -2.12. The Morgan fingerprint density at radius 3 is 2.34 bits per heavy atom. The molecule has 3 rings (SSSR count). The molecule has 3 aromatic rings. The Kier molecular flexibility index (Phi) is 10.3. The van der Waals surface area contributed by atoms with E-state index < -0.39 is 12.0 Å². The van der Waals surface area contributed by atoms with Gasteiger partial charge in [-0.05, 0) is 60.5 Å². The Labute approximate surface area is 227 Å². The molecule has 0 aliphatic carbocycles. The molecule has 0 spiro atoms. The summed E-state index contributed by atoms with van der Waals surface area (Å²) < 4.78 is 15.9. The number of carbonyl (C=O) groups is 3. The quantitative estimate of drug-likeness (QED) is 0.178. The molecule has 1 unspecified atom stereocenters. The summed E-state index contributed by atoms with van der Waals surface area (Å²) in [5.41, 5.74) is 2.77. The molecule has 0 bridgehead atoms. The van der Waals surface area contributed by atoms with Gasteiger partial charge in [0.2, 0.25) is 0 Å². The minimum atomic E-state index is -0.726. The van der Waals surface area contributed by atoms with Gasteiger partial charge in [-0.1, -0.05) is 55.3 Å². The summed E-state index contributed by atoms with van der Waals surface area (Å²) in [6, 6.07) is 18.1. The molecule has 0 fully saturated rings. The highest BCUT2D eigenvalue weighted by atomic mass is 35.5. The highest BCUT2D eigenvalue weighted by Gasteiger charge is 2.18. The van der Waals surface area contributed by atoms with Crippen LogP contribution in [0.25, 0.3) is 0 Å². The van der Waals surface area contributed by atoms with E-state index in [0.29, 0.717) is 28.3 Å². The van der Waals surface area contributed by atoms with Crippen LogP contribution in [0.3, 0.4) is 0 Å². The first-order chi connectivity index (χ1) is 18.1. The second kappa shape index (κ2) is 13.7. The third-order valence-electron chi connectivity index (χ3n) is 5.46. The molecule has 38 heavy (non-hydrogen) atoms. The maximum absolute atomic E-state index is 12.7. The largest absolute Gasteiger partial charge is 0.426 e. The minimum Gasteiger partial charge on any atom is -0.426 e. The molecule has 0 N–H and O–H groups in total. The second-order valence-electron chi connectivity index (χ2n) is 9.10. The lowest BCUT2D eigenvalue weighted by atomic mass is 10.0. The van der Waals surface area contributed by atoms with Gasteiger partial charge < -0.3 is 14.2 Å². The monoisotopic (exact) mass is 535 g/mol. The number of halogens is 1. The number of esters is 2. The molecule has 0 saturated heterocycles. The van der Waals surface area contributed by atoms with Crippen molar-refractivity contribution in [3.63, 3.8) is 0 Å². The summed E-state index contributed by atoms with van der Waals surface area (Å²) >= 11 is 6.26. The lowest BCUT2D eigenvalue weighted by molar-refractivity contribution is -0.137. The Morgan fingerprint density at radius 2 is 1.68 bits per heavy atom. The van der Waals surface area contributed by atoms with Crippen molar-refractivity contribution in [2.45, 2.75) is 33.2 Å². The predicted molar refractivity (Wildman–Crippen MR) is 146 cm³/mol. The lowest BCUT2D eigenvalue weighted by Crippen LogP contribution is -2.25. The van der Waals surface area contributed by atoms with Crippen molar-refractivity contribution in [3.8, 4) is 11.5 Å². The van der Waals surface area contributed by atoms with Crippen LogP contribution < -0.4 is 9.47 Å². The first kappa shape index (κ1) is 28.8. The van der Waals surface area contributed by atoms with E-state index in [-0.39, 0.29) is 30.0 Å². The molecule has 0 aromatic heterocycles. The second-order valence-corrected chi connectivity index (χ2v) is 9.53. The summed E-state index contributed by atoms with van der Waals surface area (Å²) in [6.45, 7) is 5.32. The number of methoxy groups -OCH3 is 1. The number of nitrogens with zero attached hydrogens (tertiary/aromatic N) is 1. The minimum absolute atomic E-state index is 0.0962. The topological polar surface area (TPSA) is 91.3 Å². The number of hydrogen-bond acceptors (Lipinski definition) is 7. The number of ether oxygens (including phenoxy) is 3. The number of carbonyl (C=O) groups excluding carboxylic acids is 3. The van der Waals surface area contributed by atoms with E-state index in [1.165, 1.54) is 19.4 Å². The number of benzene rings is 3. The van der Waals surface area contributed by atoms with Crippen LogP contribution >= 0.6 is 11.6 Å². The fourth-order valence-corrected chi connectivity index (χ4v) is 3.70. The third-order valence-corrected chi connectivity index (χ3v) is 5.68. The molecule has 0 aliphatic rings. The van der Waals surface area contributed by atoms with Crippen LogP contribution in [0.15, 0.2) is 71.7 Å². The average Bonchev–Trinajstić information content (AvgIpc) is 2.87. The normalized spacial score (nSPS) is 11.9. The number of hydrogen-bond donors (Lipinski definition) is 0. The van der Waals surface area contributed by atoms with Crippen LogP contribution in [0.4, 0.5) is 0 Å². The summed E-state index contributed by atoms with van der Waals surface area (Å²) in [6.07, 6.45) is 1.83. The van der Waals surface area contributed by atoms with E-state index in [1.807, 2.05) is 13.0 Å². The zero-order valence-electron chi connectivity index (χ0n) is 21.8. The Balaban J connectivity index is 1.76. The molecular formula is C30H30ClNO6. The van der Waals surface area contributed by atoms with Gasteiger partial charge in [-0.2, -0.15) is 0 Å². The molecule has 0 saturated carbocycles. The van der Waals surface area contributed by atoms with Gasteiger partial charge in [0.05, 0.1) is 11.5 Å². The summed E-state index contributed by atoms with van der Waals surface area (Å²) in [4.78, 5) is 41.6. The molecule has 0 amide bonds. The predicted octanol–water partition coefficient (Wildman–Crippen LogP) is 5.67. The number of ketones is 1. The smallest absolute Gasteiger partial charge is 0.343 e. The zero-order valence-corrected chi connectivity index (χ0v) is 22.5. The maximum atomic E-state index is 12.7. The van der Waals surface area contributed by atoms with Crippen LogP contribution in [-0.4, -0.2) is 43.7 Å². The molecule has 8 heteroatoms. The fourth-order valence-electron chi connectivity index (χ4n) is 3.47. The third kappa shape index (κ3) is 8.64. The first-order valence-corrected chi connectivity index (χ1v) is 12.5. The van der Waals surface area contributed by atoms with Crippen LogP contribution in [0.5, 0.6) is 11.5 Å². The van der Waals surface area contributed by atoms with Gasteiger partial charge in [0.1, 0.15) is 24.1 Å². The van der Waals surface area contributed by atoms with E-state index in [0.717, 1.165) is 11.1 Å². The fraction of sp³-hybridized carbons (Fsp3) is 0.267. The molecule has 3 aromatic carbocycles. The number of aryl methyl sites for hydroxylation is 1. The highest BCUT2D eigenvalue weighted by Crippen LogP contribution is 2.22. The van der Waals surface area contributed by atoms with Crippen LogP contribution in [-0.2, 0) is 20.7 Å². The Hall–Kier alpha value is -3.81. The van der Waals surface area contributed by atoms with Crippen molar-refractivity contribution in [3.05, 3.63) is 94.0 Å². The molecule has 0 radical (unpaired) electrons. The zero-order chi connectivity index (χ0) is 27.7. The van der Waals surface area contributed by atoms with Crippen molar-refractivity contribution in [1.82, 2.24) is 0 Å². The average molecular weight is 536 g/mol. The van der Waals surface area contributed by atoms with Gasteiger partial charge in [0.25, 0.3) is 0 Å². The SMILES string of the molecule is COCC(=O)C(Cc1ccc(OC(=O)C(C)C)cc1)N=Cc1cc(Cl)cc(OC(=O)c2cccc(C)c2)c1. The van der Waals surface area contributed by atoms with Crippen LogP contribution in [0.2, 0.25) is 5.02 Å². The van der Waals surface area contributed by atoms with E-state index in [9.17, 15) is 14.4 Å². The number of aliphatic imine (C=N–C) groups is 1. The molecule has 1 atom stereocenters. The van der Waals surface area contributed by atoms with E-state index in [1.54, 1.807) is 68.4 Å². The van der Waals surface area contributed by atoms with Gasteiger partial charge in [0.15, 0.2) is 5.78 Å². The summed E-state index contributed by atoms with van der Waals surface area (Å²) in [5.74, 6) is -0.570. The van der Waals surface area contributed by atoms with E-state index in [2.05, 4.69) is 4.99 Å². The van der Waals surface area contributed by atoms with Crippen LogP contribution in [0, 0.1) is 12.8 Å². The van der Waals surface area contributed by atoms with Gasteiger partial charge >= 0.3 is 11.9 Å². The van der Waals surface area contributed by atoms with Crippen molar-refractivity contribution in [2.75, 3.05) is 13.7 Å². The van der Waals surface area contributed by atoms with Gasteiger partial charge in [-0.15, -0.1) is 0 Å². The highest BCUT2D eigenvalue weighted by molar-refractivity contribution is 6.31.